The van der Waals surface area contributed by atoms with Crippen molar-refractivity contribution in [3.63, 3.8) is 0 Å². The first-order valence-electron chi connectivity index (χ1n) is 6.21. The normalized spacial score (nSPS) is 20.3. The number of nitrogens with zero attached hydrogens (tertiary/aromatic N) is 2. The second-order valence-corrected chi connectivity index (χ2v) is 4.55. The number of amides is 1. The van der Waals surface area contributed by atoms with Crippen molar-refractivity contribution in [1.29, 1.82) is 0 Å². The highest BCUT2D eigenvalue weighted by Gasteiger charge is 2.31. The molecule has 1 aromatic carbocycles. The van der Waals surface area contributed by atoms with Crippen molar-refractivity contribution in [2.75, 3.05) is 6.54 Å². The number of likely N-dealkylation sites (tertiary alicyclic amines) is 1. The number of oxime groups is 1. The van der Waals surface area contributed by atoms with Gasteiger partial charge in [-0.15, -0.1) is 0 Å². The van der Waals surface area contributed by atoms with E-state index in [0.29, 0.717) is 13.0 Å². The van der Waals surface area contributed by atoms with E-state index in [2.05, 4.69) is 5.16 Å². The van der Waals surface area contributed by atoms with Gasteiger partial charge in [0.25, 0.3) is 5.91 Å². The first-order chi connectivity index (χ1) is 9.15. The maximum Gasteiger partial charge on any atom is 0.258 e. The molecule has 0 bridgehead atoms. The molecule has 0 radical (unpaired) electrons. The van der Waals surface area contributed by atoms with E-state index in [0.717, 1.165) is 12.8 Å². The summed E-state index contributed by atoms with van der Waals surface area (Å²) in [5.41, 5.74) is 5.87. The molecule has 1 fully saturated rings. The van der Waals surface area contributed by atoms with Gasteiger partial charge in [-0.05, 0) is 31.4 Å². The molecule has 2 rings (SSSR count). The van der Waals surface area contributed by atoms with E-state index in [9.17, 15) is 9.90 Å². The van der Waals surface area contributed by atoms with Crippen LogP contribution in [-0.2, 0) is 0 Å². The lowest BCUT2D eigenvalue weighted by Gasteiger charge is -2.34. The second kappa shape index (κ2) is 5.60. The maximum absolute atomic E-state index is 12.4. The molecular weight excluding hydrogens is 246 g/mol. The molecule has 0 aliphatic carbocycles. The molecule has 19 heavy (non-hydrogen) atoms. The summed E-state index contributed by atoms with van der Waals surface area (Å²) in [7, 11) is 0. The molecule has 1 aliphatic rings. The van der Waals surface area contributed by atoms with Gasteiger partial charge in [-0.2, -0.15) is 0 Å². The number of carbonyl (C=O) groups is 1. The lowest BCUT2D eigenvalue weighted by Crippen LogP contribution is -2.50. The summed E-state index contributed by atoms with van der Waals surface area (Å²) in [4.78, 5) is 14.0. The van der Waals surface area contributed by atoms with Crippen LogP contribution in [0.15, 0.2) is 29.4 Å². The van der Waals surface area contributed by atoms with Crippen LogP contribution in [0.4, 0.5) is 0 Å². The van der Waals surface area contributed by atoms with Gasteiger partial charge in [-0.1, -0.05) is 17.3 Å². The monoisotopic (exact) mass is 263 g/mol. The number of hydrogen-bond acceptors (Lipinski definition) is 4. The summed E-state index contributed by atoms with van der Waals surface area (Å²) in [6, 6.07) is 5.97. The van der Waals surface area contributed by atoms with E-state index >= 15 is 0 Å². The number of benzene rings is 1. The predicted molar refractivity (Wildman–Crippen MR) is 70.2 cm³/mol. The van der Waals surface area contributed by atoms with Crippen LogP contribution in [0.3, 0.4) is 0 Å². The molecule has 0 aromatic heterocycles. The van der Waals surface area contributed by atoms with Gasteiger partial charge in [0.15, 0.2) is 5.84 Å². The lowest BCUT2D eigenvalue weighted by atomic mass is 10.00. The van der Waals surface area contributed by atoms with Crippen LogP contribution < -0.4 is 5.73 Å². The summed E-state index contributed by atoms with van der Waals surface area (Å²) >= 11 is 0. The molecule has 1 heterocycles. The molecule has 4 N–H and O–H groups in total. The minimum atomic E-state index is -0.411. The molecule has 1 saturated heterocycles. The molecule has 1 unspecified atom stereocenters. The van der Waals surface area contributed by atoms with Crippen molar-refractivity contribution in [3.8, 4) is 5.75 Å². The topological polar surface area (TPSA) is 99.2 Å². The van der Waals surface area contributed by atoms with Crippen molar-refractivity contribution < 1.29 is 15.1 Å². The number of nitrogens with two attached hydrogens (primary N) is 1. The van der Waals surface area contributed by atoms with E-state index in [-0.39, 0.29) is 23.1 Å². The number of piperidine rings is 1. The molecule has 0 spiro atoms. The average molecular weight is 263 g/mol. The Labute approximate surface area is 111 Å². The van der Waals surface area contributed by atoms with Crippen LogP contribution in [0, 0.1) is 0 Å². The van der Waals surface area contributed by atoms with Gasteiger partial charge in [0.1, 0.15) is 5.75 Å². The second-order valence-electron chi connectivity index (χ2n) is 4.55. The van der Waals surface area contributed by atoms with Crippen molar-refractivity contribution in [1.82, 2.24) is 4.90 Å². The smallest absolute Gasteiger partial charge is 0.258 e. The highest BCUT2D eigenvalue weighted by Crippen LogP contribution is 2.23. The fourth-order valence-corrected chi connectivity index (χ4v) is 2.36. The van der Waals surface area contributed by atoms with Crippen LogP contribution in [0.25, 0.3) is 0 Å². The number of amidine groups is 1. The van der Waals surface area contributed by atoms with Gasteiger partial charge in [0.2, 0.25) is 0 Å². The Morgan fingerprint density at radius 2 is 2.11 bits per heavy atom. The first-order valence-corrected chi connectivity index (χ1v) is 6.21. The third-order valence-electron chi connectivity index (χ3n) is 3.35. The number of hydrogen-bond donors (Lipinski definition) is 3. The van der Waals surface area contributed by atoms with Crippen LogP contribution >= 0.6 is 0 Å². The summed E-state index contributed by atoms with van der Waals surface area (Å²) in [6.07, 6.45) is 2.45. The summed E-state index contributed by atoms with van der Waals surface area (Å²) < 4.78 is 0. The number of aromatic hydroxyl groups is 1. The zero-order chi connectivity index (χ0) is 13.8. The van der Waals surface area contributed by atoms with E-state index in [1.54, 1.807) is 23.1 Å². The van der Waals surface area contributed by atoms with E-state index < -0.39 is 6.04 Å². The zero-order valence-corrected chi connectivity index (χ0v) is 10.5. The first kappa shape index (κ1) is 13.2. The Morgan fingerprint density at radius 1 is 1.37 bits per heavy atom. The quantitative estimate of drug-likeness (QED) is 0.322. The number of phenolic OH excluding ortho intramolecular Hbond substituents is 1. The molecule has 6 nitrogen and oxygen atoms in total. The lowest BCUT2D eigenvalue weighted by molar-refractivity contribution is 0.0673. The standard InChI is InChI=1S/C13H17N3O3/c14-12(15-19)10-6-3-4-8-16(10)13(18)9-5-1-2-7-11(9)17/h1-2,5,7,10,17,19H,3-4,6,8H2,(H2,14,15). The van der Waals surface area contributed by atoms with Crippen LogP contribution in [0.2, 0.25) is 0 Å². The summed E-state index contributed by atoms with van der Waals surface area (Å²) in [5.74, 6) is -0.325. The van der Waals surface area contributed by atoms with Crippen molar-refractivity contribution in [2.45, 2.75) is 25.3 Å². The molecule has 1 atom stereocenters. The molecule has 1 amide bonds. The van der Waals surface area contributed by atoms with Crippen molar-refractivity contribution in [2.24, 2.45) is 10.9 Å². The van der Waals surface area contributed by atoms with Gasteiger partial charge >= 0.3 is 0 Å². The fourth-order valence-electron chi connectivity index (χ4n) is 2.36. The minimum Gasteiger partial charge on any atom is -0.507 e. The third kappa shape index (κ3) is 2.62. The van der Waals surface area contributed by atoms with E-state index in [4.69, 9.17) is 10.9 Å². The van der Waals surface area contributed by atoms with Gasteiger partial charge in [0.05, 0.1) is 11.6 Å². The van der Waals surface area contributed by atoms with Crippen molar-refractivity contribution >= 4 is 11.7 Å². The van der Waals surface area contributed by atoms with Crippen LogP contribution in [0.5, 0.6) is 5.75 Å². The van der Waals surface area contributed by atoms with Crippen molar-refractivity contribution in [3.05, 3.63) is 29.8 Å². The van der Waals surface area contributed by atoms with Gasteiger partial charge in [-0.3, -0.25) is 4.79 Å². The minimum absolute atomic E-state index is 0.0310. The molecule has 6 heteroatoms. The van der Waals surface area contributed by atoms with E-state index in [1.807, 2.05) is 0 Å². The Balaban J connectivity index is 2.28. The van der Waals surface area contributed by atoms with Crippen LogP contribution in [-0.4, -0.2) is 39.5 Å². The summed E-state index contributed by atoms with van der Waals surface area (Å²) in [5, 5.41) is 21.5. The fraction of sp³-hybridized carbons (Fsp3) is 0.385. The molecular formula is C13H17N3O3. The zero-order valence-electron chi connectivity index (χ0n) is 10.5. The van der Waals surface area contributed by atoms with Gasteiger partial charge in [-0.25, -0.2) is 0 Å². The predicted octanol–water partition coefficient (Wildman–Crippen LogP) is 1.13. The van der Waals surface area contributed by atoms with Gasteiger partial charge < -0.3 is 20.9 Å². The summed E-state index contributed by atoms with van der Waals surface area (Å²) in [6.45, 7) is 0.536. The average Bonchev–Trinajstić information content (AvgIpc) is 2.46. The Morgan fingerprint density at radius 3 is 2.79 bits per heavy atom. The highest BCUT2D eigenvalue weighted by atomic mass is 16.4. The van der Waals surface area contributed by atoms with Gasteiger partial charge in [0, 0.05) is 6.54 Å². The molecule has 0 saturated carbocycles. The Kier molecular flexibility index (Phi) is 3.89. The molecule has 1 aromatic rings. The number of carbonyl (C=O) groups excluding carboxylic acids is 1. The third-order valence-corrected chi connectivity index (χ3v) is 3.35. The number of phenols is 1. The Hall–Kier alpha value is -2.24. The SMILES string of the molecule is NC(=NO)C1CCCCN1C(=O)c1ccccc1O. The maximum atomic E-state index is 12.4. The Bertz CT molecular complexity index is 502. The molecule has 1 aliphatic heterocycles. The largest absolute Gasteiger partial charge is 0.507 e. The number of para-hydroxylation sites is 1. The number of rotatable bonds is 2. The highest BCUT2D eigenvalue weighted by molar-refractivity contribution is 6.00. The van der Waals surface area contributed by atoms with E-state index in [1.165, 1.54) is 6.07 Å². The van der Waals surface area contributed by atoms with Crippen LogP contribution in [0.1, 0.15) is 29.6 Å². The molecule has 102 valence electrons.